The molecule has 0 radical (unpaired) electrons. The molecular formula is C10H12N2. The van der Waals surface area contributed by atoms with Gasteiger partial charge in [-0.05, 0) is 11.1 Å². The highest BCUT2D eigenvalue weighted by Crippen LogP contribution is 2.20. The van der Waals surface area contributed by atoms with E-state index in [0.29, 0.717) is 0 Å². The summed E-state index contributed by atoms with van der Waals surface area (Å²) >= 11 is 0. The van der Waals surface area contributed by atoms with Crippen LogP contribution in [0, 0.1) is 0 Å². The Morgan fingerprint density at radius 1 is 0.833 bits per heavy atom. The van der Waals surface area contributed by atoms with Crippen LogP contribution < -0.4 is 11.5 Å². The van der Waals surface area contributed by atoms with E-state index >= 15 is 0 Å². The van der Waals surface area contributed by atoms with Gasteiger partial charge in [0.1, 0.15) is 0 Å². The average molecular weight is 160 g/mol. The zero-order chi connectivity index (χ0) is 8.55. The van der Waals surface area contributed by atoms with Gasteiger partial charge in [-0.25, -0.2) is 0 Å². The standard InChI is InChI=1S/C10H12N2/c11-9-5-7-3-1-2-4-8(7)6-10(9)12/h1-4H,5-6,11-12H2. The molecular weight excluding hydrogens is 148 g/mol. The fourth-order valence-corrected chi connectivity index (χ4v) is 1.54. The summed E-state index contributed by atoms with van der Waals surface area (Å²) in [5.41, 5.74) is 15.8. The van der Waals surface area contributed by atoms with Gasteiger partial charge in [-0.3, -0.25) is 0 Å². The molecule has 62 valence electrons. The largest absolute Gasteiger partial charge is 0.400 e. The van der Waals surface area contributed by atoms with Crippen molar-refractivity contribution in [3.63, 3.8) is 0 Å². The zero-order valence-electron chi connectivity index (χ0n) is 6.88. The van der Waals surface area contributed by atoms with Crippen molar-refractivity contribution in [3.8, 4) is 0 Å². The minimum Gasteiger partial charge on any atom is -0.400 e. The highest BCUT2D eigenvalue weighted by molar-refractivity contribution is 5.38. The lowest BCUT2D eigenvalue weighted by atomic mass is 9.93. The minimum absolute atomic E-state index is 0.808. The monoisotopic (exact) mass is 160 g/mol. The third kappa shape index (κ3) is 1.05. The van der Waals surface area contributed by atoms with Gasteiger partial charge in [0, 0.05) is 24.2 Å². The molecule has 0 heterocycles. The van der Waals surface area contributed by atoms with Crippen LogP contribution in [0.5, 0.6) is 0 Å². The Balaban J connectivity index is 2.43. The molecule has 1 aliphatic carbocycles. The van der Waals surface area contributed by atoms with Crippen LogP contribution in [0.25, 0.3) is 0 Å². The summed E-state index contributed by atoms with van der Waals surface area (Å²) < 4.78 is 0. The fourth-order valence-electron chi connectivity index (χ4n) is 1.54. The van der Waals surface area contributed by atoms with Crippen LogP contribution in [0.1, 0.15) is 11.1 Å². The van der Waals surface area contributed by atoms with Crippen LogP contribution in [-0.4, -0.2) is 0 Å². The first-order chi connectivity index (χ1) is 5.77. The molecule has 0 aliphatic heterocycles. The maximum absolute atomic E-state index is 5.75. The van der Waals surface area contributed by atoms with E-state index in [1.54, 1.807) is 0 Å². The predicted molar refractivity (Wildman–Crippen MR) is 49.3 cm³/mol. The molecule has 0 saturated carbocycles. The molecule has 0 amide bonds. The van der Waals surface area contributed by atoms with Crippen molar-refractivity contribution in [2.75, 3.05) is 0 Å². The van der Waals surface area contributed by atoms with Gasteiger partial charge in [0.15, 0.2) is 0 Å². The van der Waals surface area contributed by atoms with Gasteiger partial charge < -0.3 is 11.5 Å². The summed E-state index contributed by atoms with van der Waals surface area (Å²) in [6.45, 7) is 0. The lowest BCUT2D eigenvalue weighted by molar-refractivity contribution is 0.920. The number of benzene rings is 1. The second kappa shape index (κ2) is 2.55. The van der Waals surface area contributed by atoms with Crippen LogP contribution in [-0.2, 0) is 12.8 Å². The second-order valence-corrected chi connectivity index (χ2v) is 3.17. The molecule has 4 N–H and O–H groups in total. The molecule has 1 aromatic rings. The topological polar surface area (TPSA) is 52.0 Å². The summed E-state index contributed by atoms with van der Waals surface area (Å²) in [4.78, 5) is 0. The van der Waals surface area contributed by atoms with Gasteiger partial charge in [0.2, 0.25) is 0 Å². The van der Waals surface area contributed by atoms with Crippen LogP contribution in [0.3, 0.4) is 0 Å². The molecule has 2 heteroatoms. The summed E-state index contributed by atoms with van der Waals surface area (Å²) in [6, 6.07) is 8.28. The van der Waals surface area contributed by atoms with E-state index < -0.39 is 0 Å². The SMILES string of the molecule is NC1=C(N)Cc2ccccc2C1. The molecule has 0 bridgehead atoms. The lowest BCUT2D eigenvalue weighted by Gasteiger charge is -2.17. The maximum Gasteiger partial charge on any atom is 0.0319 e. The van der Waals surface area contributed by atoms with Crippen LogP contribution in [0.4, 0.5) is 0 Å². The Morgan fingerprint density at radius 3 is 1.67 bits per heavy atom. The van der Waals surface area contributed by atoms with Crippen molar-refractivity contribution in [2.24, 2.45) is 11.5 Å². The van der Waals surface area contributed by atoms with Crippen LogP contribution >= 0.6 is 0 Å². The highest BCUT2D eigenvalue weighted by atomic mass is 14.7. The van der Waals surface area contributed by atoms with Crippen LogP contribution in [0.2, 0.25) is 0 Å². The second-order valence-electron chi connectivity index (χ2n) is 3.17. The molecule has 2 rings (SSSR count). The molecule has 0 saturated heterocycles. The van der Waals surface area contributed by atoms with E-state index in [1.807, 2.05) is 12.1 Å². The van der Waals surface area contributed by atoms with Gasteiger partial charge >= 0.3 is 0 Å². The Kier molecular flexibility index (Phi) is 1.54. The smallest absolute Gasteiger partial charge is 0.0319 e. The van der Waals surface area contributed by atoms with Crippen molar-refractivity contribution in [2.45, 2.75) is 12.8 Å². The molecule has 12 heavy (non-hydrogen) atoms. The molecule has 1 aromatic carbocycles. The summed E-state index contributed by atoms with van der Waals surface area (Å²) in [5, 5.41) is 0. The first-order valence-electron chi connectivity index (χ1n) is 4.07. The zero-order valence-corrected chi connectivity index (χ0v) is 6.88. The molecule has 0 spiro atoms. The first-order valence-corrected chi connectivity index (χ1v) is 4.07. The van der Waals surface area contributed by atoms with Crippen molar-refractivity contribution < 1.29 is 0 Å². The Bertz CT molecular complexity index is 306. The highest BCUT2D eigenvalue weighted by Gasteiger charge is 2.12. The van der Waals surface area contributed by atoms with Crippen molar-refractivity contribution in [1.29, 1.82) is 0 Å². The number of rotatable bonds is 0. The lowest BCUT2D eigenvalue weighted by Crippen LogP contribution is -2.19. The summed E-state index contributed by atoms with van der Waals surface area (Å²) in [6.07, 6.45) is 1.62. The number of allylic oxidation sites excluding steroid dienone is 2. The van der Waals surface area contributed by atoms with Gasteiger partial charge in [-0.15, -0.1) is 0 Å². The fraction of sp³-hybridized carbons (Fsp3) is 0.200. The van der Waals surface area contributed by atoms with Gasteiger partial charge in [0.05, 0.1) is 0 Å². The van der Waals surface area contributed by atoms with E-state index in [9.17, 15) is 0 Å². The number of hydrogen-bond acceptors (Lipinski definition) is 2. The van der Waals surface area contributed by atoms with E-state index in [1.165, 1.54) is 11.1 Å². The normalized spacial score (nSPS) is 16.0. The summed E-state index contributed by atoms with van der Waals surface area (Å²) in [7, 11) is 0. The molecule has 0 atom stereocenters. The Morgan fingerprint density at radius 2 is 1.25 bits per heavy atom. The van der Waals surface area contributed by atoms with Crippen molar-refractivity contribution in [1.82, 2.24) is 0 Å². The third-order valence-electron chi connectivity index (χ3n) is 2.29. The van der Waals surface area contributed by atoms with Crippen molar-refractivity contribution in [3.05, 3.63) is 46.8 Å². The molecule has 0 unspecified atom stereocenters. The number of hydrogen-bond donors (Lipinski definition) is 2. The molecule has 0 aromatic heterocycles. The average Bonchev–Trinajstić information content (AvgIpc) is 2.07. The van der Waals surface area contributed by atoms with Gasteiger partial charge in [-0.1, -0.05) is 24.3 Å². The number of fused-ring (bicyclic) bond motifs is 1. The first kappa shape index (κ1) is 7.22. The predicted octanol–water partition coefficient (Wildman–Crippen LogP) is 0.914. The molecule has 2 nitrogen and oxygen atoms in total. The van der Waals surface area contributed by atoms with Gasteiger partial charge in [0.25, 0.3) is 0 Å². The minimum atomic E-state index is 0.808. The quantitative estimate of drug-likeness (QED) is 0.592. The Labute approximate surface area is 71.9 Å². The van der Waals surface area contributed by atoms with E-state index in [4.69, 9.17) is 11.5 Å². The van der Waals surface area contributed by atoms with Crippen LogP contribution in [0.15, 0.2) is 35.7 Å². The third-order valence-corrected chi connectivity index (χ3v) is 2.29. The van der Waals surface area contributed by atoms with Gasteiger partial charge in [-0.2, -0.15) is 0 Å². The Hall–Kier alpha value is -1.44. The molecule has 1 aliphatic rings. The van der Waals surface area contributed by atoms with E-state index in [0.717, 1.165) is 24.2 Å². The van der Waals surface area contributed by atoms with E-state index in [-0.39, 0.29) is 0 Å². The summed E-state index contributed by atoms with van der Waals surface area (Å²) in [5.74, 6) is 0. The maximum atomic E-state index is 5.75. The van der Waals surface area contributed by atoms with Crippen molar-refractivity contribution >= 4 is 0 Å². The van der Waals surface area contributed by atoms with E-state index in [2.05, 4.69) is 12.1 Å². The number of nitrogens with two attached hydrogens (primary N) is 2. The molecule has 0 fully saturated rings.